The van der Waals surface area contributed by atoms with Crippen LogP contribution in [0, 0.1) is 0 Å². The SMILES string of the molecule is CC[C@@H](NC(=O)C1CC(=O)NC(c2ncccn2)N1)c1ccc2c(c1)OC(F)(F)O2. The molecule has 2 aliphatic heterocycles. The van der Waals surface area contributed by atoms with Crippen molar-refractivity contribution in [3.8, 4) is 11.5 Å². The van der Waals surface area contributed by atoms with E-state index in [1.54, 1.807) is 12.1 Å². The third kappa shape index (κ3) is 4.15. The van der Waals surface area contributed by atoms with Gasteiger partial charge in [0.1, 0.15) is 6.17 Å². The van der Waals surface area contributed by atoms with Crippen molar-refractivity contribution in [1.82, 2.24) is 25.9 Å². The smallest absolute Gasteiger partial charge is 0.395 e. The average molecular weight is 419 g/mol. The van der Waals surface area contributed by atoms with Crippen LogP contribution in [0.3, 0.4) is 0 Å². The lowest BCUT2D eigenvalue weighted by Crippen LogP contribution is -2.57. The Hall–Kier alpha value is -3.34. The van der Waals surface area contributed by atoms with E-state index in [9.17, 15) is 18.4 Å². The van der Waals surface area contributed by atoms with E-state index < -0.39 is 30.5 Å². The summed E-state index contributed by atoms with van der Waals surface area (Å²) in [6, 6.07) is 4.73. The van der Waals surface area contributed by atoms with Crippen LogP contribution in [0.5, 0.6) is 11.5 Å². The molecule has 0 spiro atoms. The minimum Gasteiger partial charge on any atom is -0.395 e. The second-order valence-corrected chi connectivity index (χ2v) is 6.87. The monoisotopic (exact) mass is 419 g/mol. The Labute approximate surface area is 170 Å². The number of nitrogens with zero attached hydrogens (tertiary/aromatic N) is 2. The normalized spacial score (nSPS) is 22.8. The molecule has 2 aliphatic rings. The van der Waals surface area contributed by atoms with Gasteiger partial charge in [-0.2, -0.15) is 0 Å². The summed E-state index contributed by atoms with van der Waals surface area (Å²) in [5.74, 6) is -0.541. The Bertz CT molecular complexity index is 959. The van der Waals surface area contributed by atoms with Gasteiger partial charge in [0.2, 0.25) is 11.8 Å². The molecule has 0 bridgehead atoms. The first-order chi connectivity index (χ1) is 14.3. The van der Waals surface area contributed by atoms with E-state index in [1.165, 1.54) is 24.5 Å². The molecular weight excluding hydrogens is 400 g/mol. The van der Waals surface area contributed by atoms with E-state index in [-0.39, 0.29) is 23.8 Å². The number of fused-ring (bicyclic) bond motifs is 1. The molecule has 11 heteroatoms. The second kappa shape index (κ2) is 7.82. The molecule has 1 fully saturated rings. The molecule has 0 aliphatic carbocycles. The highest BCUT2D eigenvalue weighted by molar-refractivity contribution is 5.89. The number of ether oxygens (including phenoxy) is 2. The number of hydrogen-bond donors (Lipinski definition) is 3. The van der Waals surface area contributed by atoms with Crippen molar-refractivity contribution < 1.29 is 27.8 Å². The fourth-order valence-electron chi connectivity index (χ4n) is 3.35. The summed E-state index contributed by atoms with van der Waals surface area (Å²) in [5.41, 5.74) is 0.578. The van der Waals surface area contributed by atoms with Crippen molar-refractivity contribution in [3.63, 3.8) is 0 Å². The number of rotatable bonds is 5. The summed E-state index contributed by atoms with van der Waals surface area (Å²) < 4.78 is 35.4. The number of carbonyl (C=O) groups is 2. The van der Waals surface area contributed by atoms with E-state index >= 15 is 0 Å². The highest BCUT2D eigenvalue weighted by Gasteiger charge is 2.43. The van der Waals surface area contributed by atoms with Crippen LogP contribution in [0.25, 0.3) is 0 Å². The fraction of sp³-hybridized carbons (Fsp3) is 0.368. The van der Waals surface area contributed by atoms with Crippen LogP contribution < -0.4 is 25.4 Å². The lowest BCUT2D eigenvalue weighted by molar-refractivity contribution is -0.286. The van der Waals surface area contributed by atoms with Crippen LogP contribution in [0.1, 0.15) is 43.4 Å². The molecule has 2 amide bonds. The Morgan fingerprint density at radius 1 is 1.30 bits per heavy atom. The predicted octanol–water partition coefficient (Wildman–Crippen LogP) is 1.54. The molecular formula is C19H19F2N5O4. The third-order valence-electron chi connectivity index (χ3n) is 4.78. The molecule has 30 heavy (non-hydrogen) atoms. The van der Waals surface area contributed by atoms with E-state index in [0.29, 0.717) is 17.8 Å². The van der Waals surface area contributed by atoms with E-state index in [0.717, 1.165) is 0 Å². The zero-order chi connectivity index (χ0) is 21.3. The summed E-state index contributed by atoms with van der Waals surface area (Å²) in [7, 11) is 0. The van der Waals surface area contributed by atoms with Crippen molar-refractivity contribution in [2.45, 2.75) is 44.3 Å². The van der Waals surface area contributed by atoms with Gasteiger partial charge in [-0.25, -0.2) is 9.97 Å². The first-order valence-electron chi connectivity index (χ1n) is 9.37. The Kier molecular flexibility index (Phi) is 5.20. The molecule has 0 saturated carbocycles. The molecule has 4 rings (SSSR count). The number of benzene rings is 1. The lowest BCUT2D eigenvalue weighted by atomic mass is 10.0. The minimum absolute atomic E-state index is 0.0566. The highest BCUT2D eigenvalue weighted by Crippen LogP contribution is 2.42. The maximum Gasteiger partial charge on any atom is 0.586 e. The van der Waals surface area contributed by atoms with Crippen molar-refractivity contribution in [2.75, 3.05) is 0 Å². The van der Waals surface area contributed by atoms with Gasteiger partial charge in [0.25, 0.3) is 0 Å². The third-order valence-corrected chi connectivity index (χ3v) is 4.78. The van der Waals surface area contributed by atoms with Gasteiger partial charge in [0, 0.05) is 12.4 Å². The predicted molar refractivity (Wildman–Crippen MR) is 98.3 cm³/mol. The maximum atomic E-state index is 13.2. The first-order valence-corrected chi connectivity index (χ1v) is 9.37. The second-order valence-electron chi connectivity index (χ2n) is 6.87. The number of nitrogens with one attached hydrogen (secondary N) is 3. The topological polar surface area (TPSA) is 114 Å². The molecule has 2 unspecified atom stereocenters. The number of hydrogen-bond acceptors (Lipinski definition) is 7. The quantitative estimate of drug-likeness (QED) is 0.674. The summed E-state index contributed by atoms with van der Waals surface area (Å²) in [6.07, 6.45) is -0.896. The van der Waals surface area contributed by atoms with Gasteiger partial charge < -0.3 is 20.1 Å². The molecule has 1 aromatic heterocycles. The van der Waals surface area contributed by atoms with Crippen LogP contribution in [-0.4, -0.2) is 34.1 Å². The van der Waals surface area contributed by atoms with Crippen molar-refractivity contribution in [1.29, 1.82) is 0 Å². The Morgan fingerprint density at radius 3 is 2.77 bits per heavy atom. The maximum absolute atomic E-state index is 13.2. The molecule has 1 aromatic carbocycles. The van der Waals surface area contributed by atoms with E-state index in [2.05, 4.69) is 35.4 Å². The highest BCUT2D eigenvalue weighted by atomic mass is 19.3. The molecule has 9 nitrogen and oxygen atoms in total. The van der Waals surface area contributed by atoms with Crippen LogP contribution in [0.4, 0.5) is 8.78 Å². The lowest BCUT2D eigenvalue weighted by Gasteiger charge is -2.31. The number of alkyl halides is 2. The van der Waals surface area contributed by atoms with E-state index in [4.69, 9.17) is 0 Å². The molecule has 0 radical (unpaired) electrons. The molecule has 2 aromatic rings. The summed E-state index contributed by atoms with van der Waals surface area (Å²) in [6.45, 7) is 1.84. The summed E-state index contributed by atoms with van der Waals surface area (Å²) in [5, 5.41) is 8.57. The van der Waals surface area contributed by atoms with Gasteiger partial charge in [-0.3, -0.25) is 14.9 Å². The minimum atomic E-state index is -3.71. The van der Waals surface area contributed by atoms with Crippen LogP contribution in [0.2, 0.25) is 0 Å². The van der Waals surface area contributed by atoms with Crippen LogP contribution >= 0.6 is 0 Å². The fourth-order valence-corrected chi connectivity index (χ4v) is 3.35. The first kappa shape index (κ1) is 20.0. The molecule has 1 saturated heterocycles. The zero-order valence-electron chi connectivity index (χ0n) is 15.9. The van der Waals surface area contributed by atoms with Gasteiger partial charge >= 0.3 is 6.29 Å². The van der Waals surface area contributed by atoms with Gasteiger partial charge in [-0.1, -0.05) is 13.0 Å². The van der Waals surface area contributed by atoms with Crippen LogP contribution in [-0.2, 0) is 9.59 Å². The van der Waals surface area contributed by atoms with Gasteiger partial charge in [-0.05, 0) is 30.2 Å². The molecule has 158 valence electrons. The van der Waals surface area contributed by atoms with Gasteiger partial charge in [0.05, 0.1) is 18.5 Å². The molecule has 3 N–H and O–H groups in total. The largest absolute Gasteiger partial charge is 0.586 e. The standard InChI is InChI=1S/C19H19F2N5O4/c1-2-11(10-4-5-13-14(8-10)30-19(20,21)29-13)25-18(28)12-9-15(27)26-17(24-12)16-22-6-3-7-23-16/h3-8,11-12,17,24H,2,9H2,1H3,(H,25,28)(H,26,27)/t11-,12?,17?/m1/s1. The molecule has 3 heterocycles. The number of amides is 2. The average Bonchev–Trinajstić information content (AvgIpc) is 3.04. The Morgan fingerprint density at radius 2 is 2.03 bits per heavy atom. The van der Waals surface area contributed by atoms with Crippen molar-refractivity contribution in [2.24, 2.45) is 0 Å². The van der Waals surface area contributed by atoms with Gasteiger partial charge in [0.15, 0.2) is 17.3 Å². The zero-order valence-corrected chi connectivity index (χ0v) is 15.9. The number of aromatic nitrogens is 2. The summed E-state index contributed by atoms with van der Waals surface area (Å²) in [4.78, 5) is 33.1. The van der Waals surface area contributed by atoms with Crippen LogP contribution in [0.15, 0.2) is 36.7 Å². The van der Waals surface area contributed by atoms with Crippen molar-refractivity contribution >= 4 is 11.8 Å². The Balaban J connectivity index is 1.46. The summed E-state index contributed by atoms with van der Waals surface area (Å²) >= 11 is 0. The van der Waals surface area contributed by atoms with Crippen molar-refractivity contribution in [3.05, 3.63) is 48.0 Å². The number of halogens is 2. The number of carbonyl (C=O) groups excluding carboxylic acids is 2. The molecule has 3 atom stereocenters. The van der Waals surface area contributed by atoms with E-state index in [1.807, 2.05) is 6.92 Å². The van der Waals surface area contributed by atoms with Gasteiger partial charge in [-0.15, -0.1) is 8.78 Å².